The van der Waals surface area contributed by atoms with E-state index in [-0.39, 0.29) is 16.8 Å². The number of amides is 1. The number of thiazole rings is 1. The molecule has 0 aliphatic carbocycles. The van der Waals surface area contributed by atoms with Crippen molar-refractivity contribution in [3.8, 4) is 11.3 Å². The van der Waals surface area contributed by atoms with E-state index in [2.05, 4.69) is 10.3 Å². The zero-order valence-corrected chi connectivity index (χ0v) is 15.4. The quantitative estimate of drug-likeness (QED) is 0.373. The van der Waals surface area contributed by atoms with E-state index >= 15 is 0 Å². The number of non-ortho nitro benzene ring substituents is 1. The molecule has 0 bridgehead atoms. The fourth-order valence-corrected chi connectivity index (χ4v) is 3.77. The highest BCUT2D eigenvalue weighted by Gasteiger charge is 2.17. The van der Waals surface area contributed by atoms with Gasteiger partial charge in [0.1, 0.15) is 0 Å². The van der Waals surface area contributed by atoms with E-state index in [1.807, 2.05) is 35.7 Å². The van der Waals surface area contributed by atoms with E-state index in [1.54, 1.807) is 19.1 Å². The van der Waals surface area contributed by atoms with Crippen LogP contribution in [0, 0.1) is 10.1 Å². The fraction of sp³-hybridized carbons (Fsp3) is 0.111. The van der Waals surface area contributed by atoms with E-state index < -0.39 is 4.92 Å². The van der Waals surface area contributed by atoms with Gasteiger partial charge in [0.05, 0.1) is 15.9 Å². The summed E-state index contributed by atoms with van der Waals surface area (Å²) in [7, 11) is 0. The molecule has 0 spiro atoms. The summed E-state index contributed by atoms with van der Waals surface area (Å²) >= 11 is 2.71. The second-order valence-electron chi connectivity index (χ2n) is 5.40. The Kier molecular flexibility index (Phi) is 5.65. The van der Waals surface area contributed by atoms with Gasteiger partial charge < -0.3 is 5.32 Å². The van der Waals surface area contributed by atoms with Crippen LogP contribution in [-0.2, 0) is 4.79 Å². The summed E-state index contributed by atoms with van der Waals surface area (Å²) in [4.78, 5) is 27.8. The summed E-state index contributed by atoms with van der Waals surface area (Å²) in [6.07, 6.45) is 0. The lowest BCUT2D eigenvalue weighted by atomic mass is 10.2. The third-order valence-corrected chi connectivity index (χ3v) is 5.40. The molecule has 0 saturated heterocycles. The fourth-order valence-electron chi connectivity index (χ4n) is 2.18. The normalized spacial score (nSPS) is 11.7. The third-order valence-electron chi connectivity index (χ3n) is 3.53. The Bertz CT molecular complexity index is 911. The number of anilines is 1. The Morgan fingerprint density at radius 2 is 1.88 bits per heavy atom. The molecular weight excluding hydrogens is 370 g/mol. The van der Waals surface area contributed by atoms with Crippen molar-refractivity contribution in [3.05, 3.63) is 70.1 Å². The summed E-state index contributed by atoms with van der Waals surface area (Å²) in [6, 6.07) is 15.9. The van der Waals surface area contributed by atoms with Crippen molar-refractivity contribution >= 4 is 39.8 Å². The van der Waals surface area contributed by atoms with Crippen LogP contribution in [0.3, 0.4) is 0 Å². The van der Waals surface area contributed by atoms with Gasteiger partial charge in [-0.1, -0.05) is 30.3 Å². The van der Waals surface area contributed by atoms with E-state index in [0.717, 1.165) is 16.2 Å². The summed E-state index contributed by atoms with van der Waals surface area (Å²) in [5, 5.41) is 15.6. The Morgan fingerprint density at radius 3 is 2.54 bits per heavy atom. The minimum Gasteiger partial charge on any atom is -0.301 e. The van der Waals surface area contributed by atoms with Crippen LogP contribution in [0.2, 0.25) is 0 Å². The number of nitrogens with zero attached hydrogens (tertiary/aromatic N) is 2. The number of carbonyl (C=O) groups is 1. The van der Waals surface area contributed by atoms with Crippen molar-refractivity contribution < 1.29 is 9.72 Å². The molecule has 0 aliphatic rings. The number of nitro benzene ring substituents is 1. The lowest BCUT2D eigenvalue weighted by Gasteiger charge is -2.10. The topological polar surface area (TPSA) is 85.1 Å². The molecule has 0 unspecified atom stereocenters. The number of benzene rings is 2. The average molecular weight is 385 g/mol. The van der Waals surface area contributed by atoms with Crippen LogP contribution in [-0.4, -0.2) is 21.1 Å². The SMILES string of the molecule is C[C@H](Sc1ccc([N+](=O)[O-])cc1)C(=O)Nc1nc(-c2ccccc2)cs1. The molecule has 2 aromatic carbocycles. The summed E-state index contributed by atoms with van der Waals surface area (Å²) in [5.74, 6) is -0.165. The number of aromatic nitrogens is 1. The van der Waals surface area contributed by atoms with Crippen molar-refractivity contribution in [1.29, 1.82) is 0 Å². The summed E-state index contributed by atoms with van der Waals surface area (Å²) in [6.45, 7) is 1.78. The molecule has 8 heteroatoms. The van der Waals surface area contributed by atoms with Crippen LogP contribution >= 0.6 is 23.1 Å². The molecule has 1 heterocycles. The molecule has 1 aromatic heterocycles. The maximum Gasteiger partial charge on any atom is 0.269 e. The van der Waals surface area contributed by atoms with Crippen LogP contribution in [0.5, 0.6) is 0 Å². The predicted molar refractivity (Wildman–Crippen MR) is 105 cm³/mol. The summed E-state index contributed by atoms with van der Waals surface area (Å²) < 4.78 is 0. The first-order chi connectivity index (χ1) is 12.5. The first-order valence-corrected chi connectivity index (χ1v) is 9.52. The number of nitrogens with one attached hydrogen (secondary N) is 1. The second-order valence-corrected chi connectivity index (χ2v) is 7.68. The standard InChI is InChI=1S/C18H15N3O3S2/c1-12(26-15-9-7-14(8-10-15)21(23)24)17(22)20-18-19-16(11-25-18)13-5-3-2-4-6-13/h2-12H,1H3,(H,19,20,22)/t12-/m0/s1. The molecule has 0 radical (unpaired) electrons. The van der Waals surface area contributed by atoms with Crippen LogP contribution < -0.4 is 5.32 Å². The van der Waals surface area contributed by atoms with Gasteiger partial charge in [0.2, 0.25) is 5.91 Å². The van der Waals surface area contributed by atoms with Crippen LogP contribution in [0.25, 0.3) is 11.3 Å². The molecule has 0 saturated carbocycles. The molecule has 3 rings (SSSR count). The van der Waals surface area contributed by atoms with Gasteiger partial charge in [-0.15, -0.1) is 23.1 Å². The van der Waals surface area contributed by atoms with Crippen LogP contribution in [0.4, 0.5) is 10.8 Å². The van der Waals surface area contributed by atoms with Crippen molar-refractivity contribution in [1.82, 2.24) is 4.98 Å². The van der Waals surface area contributed by atoms with Gasteiger partial charge in [0.15, 0.2) is 5.13 Å². The maximum atomic E-state index is 12.4. The molecular formula is C18H15N3O3S2. The maximum absolute atomic E-state index is 12.4. The van der Waals surface area contributed by atoms with Gasteiger partial charge in [-0.2, -0.15) is 0 Å². The van der Waals surface area contributed by atoms with E-state index in [1.165, 1.54) is 35.2 Å². The van der Waals surface area contributed by atoms with Crippen molar-refractivity contribution in [3.63, 3.8) is 0 Å². The van der Waals surface area contributed by atoms with Crippen LogP contribution in [0.15, 0.2) is 64.9 Å². The zero-order chi connectivity index (χ0) is 18.5. The number of thioether (sulfide) groups is 1. The summed E-state index contributed by atoms with van der Waals surface area (Å²) in [5.41, 5.74) is 1.85. The Labute approximate surface area is 158 Å². The third kappa shape index (κ3) is 4.47. The van der Waals surface area contributed by atoms with Crippen molar-refractivity contribution in [2.75, 3.05) is 5.32 Å². The first-order valence-electron chi connectivity index (χ1n) is 7.76. The highest BCUT2D eigenvalue weighted by Crippen LogP contribution is 2.28. The van der Waals surface area contributed by atoms with E-state index in [4.69, 9.17) is 0 Å². The van der Waals surface area contributed by atoms with E-state index in [9.17, 15) is 14.9 Å². The van der Waals surface area contributed by atoms with Gasteiger partial charge in [-0.05, 0) is 19.1 Å². The largest absolute Gasteiger partial charge is 0.301 e. The Hall–Kier alpha value is -2.71. The molecule has 26 heavy (non-hydrogen) atoms. The number of nitro groups is 1. The van der Waals surface area contributed by atoms with Gasteiger partial charge in [-0.3, -0.25) is 14.9 Å². The second kappa shape index (κ2) is 8.11. The van der Waals surface area contributed by atoms with Crippen molar-refractivity contribution in [2.24, 2.45) is 0 Å². The molecule has 132 valence electrons. The predicted octanol–water partition coefficient (Wildman–Crippen LogP) is 4.84. The average Bonchev–Trinajstić information content (AvgIpc) is 3.11. The van der Waals surface area contributed by atoms with Crippen LogP contribution in [0.1, 0.15) is 6.92 Å². The molecule has 1 N–H and O–H groups in total. The highest BCUT2D eigenvalue weighted by molar-refractivity contribution is 8.00. The van der Waals surface area contributed by atoms with Crippen molar-refractivity contribution in [2.45, 2.75) is 17.1 Å². The van der Waals surface area contributed by atoms with Gasteiger partial charge in [0.25, 0.3) is 5.69 Å². The number of rotatable bonds is 6. The molecule has 0 fully saturated rings. The highest BCUT2D eigenvalue weighted by atomic mass is 32.2. The Balaban J connectivity index is 1.61. The molecule has 6 nitrogen and oxygen atoms in total. The Morgan fingerprint density at radius 1 is 1.19 bits per heavy atom. The van der Waals surface area contributed by atoms with E-state index in [0.29, 0.717) is 5.13 Å². The molecule has 1 amide bonds. The lowest BCUT2D eigenvalue weighted by molar-refractivity contribution is -0.384. The minimum atomic E-state index is -0.447. The number of carbonyl (C=O) groups excluding carboxylic acids is 1. The zero-order valence-electron chi connectivity index (χ0n) is 13.8. The first kappa shape index (κ1) is 18.1. The number of hydrogen-bond donors (Lipinski definition) is 1. The number of hydrogen-bond acceptors (Lipinski definition) is 6. The smallest absolute Gasteiger partial charge is 0.269 e. The lowest BCUT2D eigenvalue weighted by Crippen LogP contribution is -2.22. The minimum absolute atomic E-state index is 0.0303. The van der Waals surface area contributed by atoms with Gasteiger partial charge >= 0.3 is 0 Å². The molecule has 3 aromatic rings. The molecule has 0 aliphatic heterocycles. The molecule has 1 atom stereocenters. The van der Waals surface area contributed by atoms with Gasteiger partial charge in [0, 0.05) is 28.0 Å². The van der Waals surface area contributed by atoms with Gasteiger partial charge in [-0.25, -0.2) is 4.98 Å². The monoisotopic (exact) mass is 385 g/mol.